The molecule has 2 N–H and O–H groups in total. The van der Waals surface area contributed by atoms with Gasteiger partial charge in [0.15, 0.2) is 6.10 Å². The average Bonchev–Trinajstić information content (AvgIpc) is 3.61. The molecule has 0 radical (unpaired) electrons. The lowest BCUT2D eigenvalue weighted by Gasteiger charge is -2.63. The van der Waals surface area contributed by atoms with E-state index >= 15 is 0 Å². The number of pyridine rings is 1. The quantitative estimate of drug-likeness (QED) is 0.371. The molecule has 1 aliphatic heterocycles. The fourth-order valence-corrected chi connectivity index (χ4v) is 13.2. The van der Waals surface area contributed by atoms with Crippen LogP contribution in [0.5, 0.6) is 0 Å². The molecule has 1 aromatic rings. The van der Waals surface area contributed by atoms with Crippen LogP contribution in [0.2, 0.25) is 0 Å². The van der Waals surface area contributed by atoms with E-state index in [2.05, 4.69) is 39.6 Å². The zero-order chi connectivity index (χ0) is 33.2. The van der Waals surface area contributed by atoms with Crippen molar-refractivity contribution < 1.29 is 34.0 Å². The number of nitrogens with zero attached hydrogens (tertiary/aromatic N) is 1. The number of fused-ring (bicyclic) bond motifs is 4. The predicted octanol–water partition coefficient (Wildman–Crippen LogP) is 6.12. The van der Waals surface area contributed by atoms with Gasteiger partial charge in [0.1, 0.15) is 11.8 Å². The Hall–Kier alpha value is -2.03. The van der Waals surface area contributed by atoms with E-state index in [1.54, 1.807) is 26.1 Å². The molecule has 8 heteroatoms. The van der Waals surface area contributed by atoms with Crippen LogP contribution >= 0.6 is 0 Å². The Balaban J connectivity index is 1.16. The Bertz CT molecular complexity index is 1390. The highest BCUT2D eigenvalue weighted by molar-refractivity contribution is 5.87. The third-order valence-corrected chi connectivity index (χ3v) is 15.2. The second-order valence-corrected chi connectivity index (χ2v) is 17.8. The second kappa shape index (κ2) is 10.2. The van der Waals surface area contributed by atoms with Crippen LogP contribution in [0.25, 0.3) is 0 Å². The van der Waals surface area contributed by atoms with Gasteiger partial charge in [-0.05, 0) is 117 Å². The zero-order valence-electron chi connectivity index (χ0n) is 29.0. The number of hydrogen-bond donors (Lipinski definition) is 2. The van der Waals surface area contributed by atoms with Gasteiger partial charge < -0.3 is 24.4 Å². The summed E-state index contributed by atoms with van der Waals surface area (Å²) in [4.78, 5) is 29.4. The number of rotatable bonds is 5. The summed E-state index contributed by atoms with van der Waals surface area (Å²) in [6, 6.07) is 5.35. The Morgan fingerprint density at radius 1 is 1.04 bits per heavy atom. The number of aromatic nitrogens is 1. The van der Waals surface area contributed by atoms with Gasteiger partial charge in [-0.25, -0.2) is 9.78 Å². The number of esters is 2. The molecule has 6 aliphatic rings. The molecule has 254 valence electrons. The first-order chi connectivity index (χ1) is 21.4. The number of hydrogen-bond acceptors (Lipinski definition) is 8. The number of carbonyl (C=O) groups excluding carboxylic acids is 2. The molecule has 0 aromatic carbocycles. The normalized spacial score (nSPS) is 47.6. The lowest BCUT2D eigenvalue weighted by atomic mass is 9.41. The van der Waals surface area contributed by atoms with Gasteiger partial charge in [0.2, 0.25) is 0 Å². The molecule has 1 aromatic heterocycles. The number of ether oxygens (including phenoxy) is 3. The smallest absolute Gasteiger partial charge is 0.357 e. The minimum absolute atomic E-state index is 0.0927. The van der Waals surface area contributed by atoms with Gasteiger partial charge >= 0.3 is 11.9 Å². The average molecular weight is 638 g/mol. The van der Waals surface area contributed by atoms with Gasteiger partial charge in [0.25, 0.3) is 0 Å². The van der Waals surface area contributed by atoms with Gasteiger partial charge in [-0.3, -0.25) is 4.79 Å². The van der Waals surface area contributed by atoms with Crippen LogP contribution < -0.4 is 0 Å². The van der Waals surface area contributed by atoms with Crippen molar-refractivity contribution in [3.05, 3.63) is 30.1 Å². The summed E-state index contributed by atoms with van der Waals surface area (Å²) in [6.07, 6.45) is 7.31. The van der Waals surface area contributed by atoms with Gasteiger partial charge in [0, 0.05) is 24.0 Å². The van der Waals surface area contributed by atoms with Crippen LogP contribution in [-0.2, 0) is 19.0 Å². The number of aliphatic hydroxyl groups is 2. The summed E-state index contributed by atoms with van der Waals surface area (Å²) in [5.41, 5.74) is -1.09. The molecule has 0 bridgehead atoms. The maximum absolute atomic E-state index is 13.1. The summed E-state index contributed by atoms with van der Waals surface area (Å²) in [5, 5.41) is 23.5. The molecule has 2 heterocycles. The Labute approximate surface area is 274 Å². The predicted molar refractivity (Wildman–Crippen MR) is 171 cm³/mol. The lowest BCUT2D eigenvalue weighted by Crippen LogP contribution is -2.60. The van der Waals surface area contributed by atoms with E-state index in [9.17, 15) is 19.8 Å². The largest absolute Gasteiger partial charge is 0.457 e. The van der Waals surface area contributed by atoms with E-state index in [1.165, 1.54) is 19.8 Å². The van der Waals surface area contributed by atoms with Crippen molar-refractivity contribution in [2.24, 2.45) is 50.7 Å². The highest BCUT2D eigenvalue weighted by Crippen LogP contribution is 2.89. The van der Waals surface area contributed by atoms with E-state index < -0.39 is 29.9 Å². The minimum Gasteiger partial charge on any atom is -0.457 e. The molecule has 5 aliphatic carbocycles. The van der Waals surface area contributed by atoms with Crippen molar-refractivity contribution in [1.82, 2.24) is 4.98 Å². The third kappa shape index (κ3) is 4.17. The van der Waals surface area contributed by atoms with Crippen molar-refractivity contribution >= 4 is 11.9 Å². The van der Waals surface area contributed by atoms with Crippen LogP contribution in [0.1, 0.15) is 117 Å². The summed E-state index contributed by atoms with van der Waals surface area (Å²) < 4.78 is 18.7. The Morgan fingerprint density at radius 2 is 1.74 bits per heavy atom. The molecule has 5 saturated carbocycles. The Kier molecular flexibility index (Phi) is 7.24. The molecule has 2 spiro atoms. The van der Waals surface area contributed by atoms with E-state index in [0.717, 1.165) is 32.1 Å². The molecule has 46 heavy (non-hydrogen) atoms. The topological polar surface area (TPSA) is 115 Å². The molecule has 6 fully saturated rings. The van der Waals surface area contributed by atoms with Crippen LogP contribution in [0.15, 0.2) is 24.4 Å². The maximum atomic E-state index is 13.1. The van der Waals surface area contributed by atoms with Crippen LogP contribution in [0.3, 0.4) is 0 Å². The van der Waals surface area contributed by atoms with E-state index in [1.807, 2.05) is 12.1 Å². The molecular weight excluding hydrogens is 582 g/mol. The highest BCUT2D eigenvalue weighted by atomic mass is 16.6. The minimum atomic E-state index is -1.27. The molecule has 7 rings (SSSR count). The summed E-state index contributed by atoms with van der Waals surface area (Å²) in [7, 11) is 0. The van der Waals surface area contributed by atoms with Crippen molar-refractivity contribution in [3.63, 3.8) is 0 Å². The van der Waals surface area contributed by atoms with E-state index in [4.69, 9.17) is 14.2 Å². The molecule has 13 atom stereocenters. The van der Waals surface area contributed by atoms with Crippen LogP contribution in [0, 0.1) is 50.7 Å². The summed E-state index contributed by atoms with van der Waals surface area (Å²) in [6.45, 7) is 16.4. The Morgan fingerprint density at radius 3 is 2.39 bits per heavy atom. The summed E-state index contributed by atoms with van der Waals surface area (Å²) in [5.74, 6) is 0.494. The molecule has 1 saturated heterocycles. The van der Waals surface area contributed by atoms with Crippen molar-refractivity contribution in [2.45, 2.75) is 143 Å². The highest BCUT2D eigenvalue weighted by Gasteiger charge is 2.84. The van der Waals surface area contributed by atoms with Gasteiger partial charge in [-0.2, -0.15) is 0 Å². The molecule has 0 amide bonds. The van der Waals surface area contributed by atoms with Gasteiger partial charge in [-0.15, -0.1) is 0 Å². The number of aliphatic hydroxyl groups excluding tert-OH is 1. The standard InChI is InChI=1S/C38H55NO7/c1-21-19-24(31(34(5,6)43)44-22(2)40)45-29-28(21)35(7)16-17-38-20-37(38)15-14-27(46-32(42)23-11-9-10-18-39-23)33(3,4)25(37)12-13-26(38)36(35,8)30(29)41/h9-11,18,21,24-31,41,43H,12-17,19-20H2,1-8H3/t21-,24-,25+,26+,27+,28?,29?,30+,31+,35-,36-,37-,38+/m1/s1. The monoisotopic (exact) mass is 637 g/mol. The maximum Gasteiger partial charge on any atom is 0.357 e. The second-order valence-electron chi connectivity index (χ2n) is 17.8. The van der Waals surface area contributed by atoms with Crippen molar-refractivity contribution in [3.8, 4) is 0 Å². The van der Waals surface area contributed by atoms with Gasteiger partial charge in [-0.1, -0.05) is 40.7 Å². The van der Waals surface area contributed by atoms with E-state index in [-0.39, 0.29) is 57.1 Å². The van der Waals surface area contributed by atoms with Crippen molar-refractivity contribution in [2.75, 3.05) is 0 Å². The molecular formula is C38H55NO7. The first-order valence-electron chi connectivity index (χ1n) is 17.8. The first-order valence-corrected chi connectivity index (χ1v) is 17.8. The first kappa shape index (κ1) is 32.5. The molecule has 8 nitrogen and oxygen atoms in total. The molecule has 2 unspecified atom stereocenters. The van der Waals surface area contributed by atoms with E-state index in [0.29, 0.717) is 24.0 Å². The number of carbonyl (C=O) groups is 2. The van der Waals surface area contributed by atoms with Crippen LogP contribution in [-0.4, -0.2) is 63.3 Å². The SMILES string of the molecule is CC(=O)O[C@@H]([C@H]1C[C@@H](C)C2C(O1)[C@H](O)[C@@]1(C)[C@@H]3CC[C@H]4C(C)(C)[C@@H](OC(=O)c5ccccn5)CC[C@@]45C[C@@]35CC[C@]21C)C(C)(C)O. The fraction of sp³-hybridized carbons (Fsp3) is 0.816. The van der Waals surface area contributed by atoms with Gasteiger partial charge in [0.05, 0.1) is 23.9 Å². The fourth-order valence-electron chi connectivity index (χ4n) is 13.2. The van der Waals surface area contributed by atoms with Crippen LogP contribution in [0.4, 0.5) is 0 Å². The lowest BCUT2D eigenvalue weighted by molar-refractivity contribution is -0.216. The third-order valence-electron chi connectivity index (χ3n) is 15.2. The van der Waals surface area contributed by atoms with Crippen molar-refractivity contribution in [1.29, 1.82) is 0 Å². The summed E-state index contributed by atoms with van der Waals surface area (Å²) >= 11 is 0. The zero-order valence-corrected chi connectivity index (χ0v) is 29.0.